The molecule has 0 aromatic heterocycles. The Kier molecular flexibility index (Phi) is 222. The third-order valence-corrected chi connectivity index (χ3v) is 0. The average molecular weight is 260 g/mol. The Balaban J connectivity index is -0.00000000381. The van der Waals surface area contributed by atoms with Crippen molar-refractivity contribution in [2.45, 2.75) is 0 Å². The second kappa shape index (κ2) is 30.4. The minimum Gasteiger partial charge on any atom is -0.759 e. The fraction of sp³-hybridized carbons (Fsp3) is 0. The molecule has 0 saturated carbocycles. The molecule has 0 fully saturated rings. The first-order valence-corrected chi connectivity index (χ1v) is 2.00. The minimum atomic E-state index is -5.17. The number of hydrogen-bond donors (Lipinski definition) is 0. The van der Waals surface area contributed by atoms with E-state index in [1.54, 1.807) is 0 Å². The van der Waals surface area contributed by atoms with Crippen molar-refractivity contribution in [1.82, 2.24) is 0 Å². The monoisotopic (exact) mass is 260 g/mol. The van der Waals surface area contributed by atoms with Crippen molar-refractivity contribution in [2.24, 2.45) is 0 Å². The van der Waals surface area contributed by atoms with Gasteiger partial charge in [-0.2, -0.15) is 0 Å². The smallest absolute Gasteiger partial charge is 0.759 e. The third-order valence-electron chi connectivity index (χ3n) is 0. The van der Waals surface area contributed by atoms with Crippen molar-refractivity contribution in [3.8, 4) is 0 Å². The summed E-state index contributed by atoms with van der Waals surface area (Å²) in [7, 11) is -5.17. The molecule has 0 spiro atoms. The summed E-state index contributed by atoms with van der Waals surface area (Å²) in [5, 5.41) is 0. The molecule has 0 aliphatic carbocycles. The minimum absolute atomic E-state index is 0. The van der Waals surface area contributed by atoms with E-state index in [0.717, 1.165) is 0 Å². The van der Waals surface area contributed by atoms with Crippen LogP contribution in [0.2, 0.25) is 0 Å². The van der Waals surface area contributed by atoms with E-state index in [2.05, 4.69) is 0 Å². The average Bonchev–Trinajstić information content (AvgIpc) is 0.722. The van der Waals surface area contributed by atoms with Gasteiger partial charge >= 0.3 is 17.1 Å². The van der Waals surface area contributed by atoms with E-state index in [9.17, 15) is 0 Å². The maximum absolute atomic E-state index is 8.52. The summed E-state index contributed by atoms with van der Waals surface area (Å²) in [5.74, 6) is 0. The van der Waals surface area contributed by atoms with Crippen molar-refractivity contribution in [1.29, 1.82) is 0 Å². The molecule has 0 aromatic rings. The van der Waals surface area contributed by atoms with Crippen LogP contribution in [0, 0.1) is 0 Å². The molecular formula is H12FeO10S. The largest absolute Gasteiger partial charge is 2.00 e. The van der Waals surface area contributed by atoms with E-state index in [1.807, 2.05) is 0 Å². The molecule has 10 nitrogen and oxygen atoms in total. The molecule has 0 atom stereocenters. The molecule has 0 radical (unpaired) electrons. The zero-order chi connectivity index (χ0) is 4.50. The van der Waals surface area contributed by atoms with Gasteiger partial charge in [0.1, 0.15) is 0 Å². The molecule has 0 bridgehead atoms. The maximum atomic E-state index is 8.52. The van der Waals surface area contributed by atoms with Gasteiger partial charge in [0.15, 0.2) is 0 Å². The molecule has 0 rings (SSSR count). The molecular weight excluding hydrogens is 248 g/mol. The van der Waals surface area contributed by atoms with Crippen LogP contribution in [0.3, 0.4) is 0 Å². The van der Waals surface area contributed by atoms with Crippen molar-refractivity contribution >= 4 is 10.4 Å². The van der Waals surface area contributed by atoms with Crippen molar-refractivity contribution in [3.05, 3.63) is 0 Å². The molecule has 0 heterocycles. The summed E-state index contributed by atoms with van der Waals surface area (Å²) >= 11 is 0. The summed E-state index contributed by atoms with van der Waals surface area (Å²) in [6.45, 7) is 0. The van der Waals surface area contributed by atoms with Gasteiger partial charge in [-0.25, -0.2) is 0 Å². The summed E-state index contributed by atoms with van der Waals surface area (Å²) in [5.41, 5.74) is 0. The molecule has 0 amide bonds. The Hall–Kier alpha value is 0.149. The van der Waals surface area contributed by atoms with Crippen LogP contribution in [0.4, 0.5) is 0 Å². The van der Waals surface area contributed by atoms with Gasteiger partial charge in [0.05, 0.1) is 0 Å². The van der Waals surface area contributed by atoms with Crippen molar-refractivity contribution in [2.75, 3.05) is 0 Å². The van der Waals surface area contributed by atoms with Crippen LogP contribution in [-0.4, -0.2) is 50.4 Å². The first-order valence-electron chi connectivity index (χ1n) is 0.667. The van der Waals surface area contributed by atoms with E-state index < -0.39 is 10.4 Å². The van der Waals surface area contributed by atoms with Gasteiger partial charge in [0.25, 0.3) is 0 Å². The van der Waals surface area contributed by atoms with Crippen molar-refractivity contribution < 1.29 is 67.4 Å². The van der Waals surface area contributed by atoms with Gasteiger partial charge in [0.2, 0.25) is 0 Å². The summed E-state index contributed by atoms with van der Waals surface area (Å²) < 4.78 is 34.1. The van der Waals surface area contributed by atoms with Gasteiger partial charge in [-0.15, -0.1) is 0 Å². The van der Waals surface area contributed by atoms with Crippen LogP contribution in [0.5, 0.6) is 0 Å². The first-order chi connectivity index (χ1) is 2.00. The van der Waals surface area contributed by atoms with Gasteiger partial charge < -0.3 is 42.0 Å². The standard InChI is InChI=1S/Fe.H2O4S.6H2O/c;1-5(2,3)4;;;;;;/h;(H2,1,2,3,4);6*1H2/q+2;;;;;;;/p-2. The first kappa shape index (κ1) is 87.7. The van der Waals surface area contributed by atoms with Gasteiger partial charge in [-0.1, -0.05) is 0 Å². The maximum Gasteiger partial charge on any atom is 2.00 e. The second-order valence-corrected chi connectivity index (χ2v) is 1.22. The molecule has 0 unspecified atom stereocenters. The Morgan fingerprint density at radius 3 is 0.667 bits per heavy atom. The van der Waals surface area contributed by atoms with E-state index >= 15 is 0 Å². The Morgan fingerprint density at radius 1 is 0.667 bits per heavy atom. The van der Waals surface area contributed by atoms with Crippen LogP contribution < -0.4 is 0 Å². The van der Waals surface area contributed by atoms with Crippen LogP contribution in [0.25, 0.3) is 0 Å². The molecule has 0 saturated heterocycles. The molecule has 0 aromatic carbocycles. The molecule has 0 aliphatic heterocycles. The predicted octanol–water partition coefficient (Wildman–Crippen LogP) is -6.29. The molecule has 86 valence electrons. The number of hydrogen-bond acceptors (Lipinski definition) is 4. The topological polar surface area (TPSA) is 269 Å². The van der Waals surface area contributed by atoms with E-state index in [4.69, 9.17) is 17.5 Å². The summed E-state index contributed by atoms with van der Waals surface area (Å²) in [4.78, 5) is 0. The van der Waals surface area contributed by atoms with Crippen LogP contribution in [0.15, 0.2) is 0 Å². The van der Waals surface area contributed by atoms with Gasteiger partial charge in [-0.3, -0.25) is 8.42 Å². The Bertz CT molecular complexity index is 93.0. The van der Waals surface area contributed by atoms with E-state index in [-0.39, 0.29) is 49.9 Å². The van der Waals surface area contributed by atoms with Gasteiger partial charge in [-0.05, 0) is 0 Å². The fourth-order valence-electron chi connectivity index (χ4n) is 0. The van der Waals surface area contributed by atoms with Crippen molar-refractivity contribution in [3.63, 3.8) is 0 Å². The predicted molar refractivity (Wildman–Crippen MR) is 32.2 cm³/mol. The van der Waals surface area contributed by atoms with Crippen LogP contribution in [-0.2, 0) is 27.5 Å². The van der Waals surface area contributed by atoms with E-state index in [1.165, 1.54) is 0 Å². The number of rotatable bonds is 0. The fourth-order valence-corrected chi connectivity index (χ4v) is 0. The molecule has 0 aliphatic rings. The van der Waals surface area contributed by atoms with E-state index in [0.29, 0.717) is 0 Å². The van der Waals surface area contributed by atoms with Crippen LogP contribution >= 0.6 is 0 Å². The zero-order valence-electron chi connectivity index (χ0n) is 5.39. The van der Waals surface area contributed by atoms with Gasteiger partial charge in [0, 0.05) is 10.4 Å². The summed E-state index contributed by atoms with van der Waals surface area (Å²) in [6.07, 6.45) is 0. The SMILES string of the molecule is O.O.O.O.O.O.O=S(=O)([O-])[O-].[Fe+2]. The quantitative estimate of drug-likeness (QED) is 0.233. The molecule has 12 N–H and O–H groups in total. The Labute approximate surface area is 78.5 Å². The molecule has 12 heavy (non-hydrogen) atoms. The summed E-state index contributed by atoms with van der Waals surface area (Å²) in [6, 6.07) is 0. The zero-order valence-corrected chi connectivity index (χ0v) is 7.32. The van der Waals surface area contributed by atoms with Crippen LogP contribution in [0.1, 0.15) is 0 Å². The second-order valence-electron chi connectivity index (χ2n) is 0.408. The third kappa shape index (κ3) is 38000. The molecule has 12 heteroatoms. The Morgan fingerprint density at radius 2 is 0.667 bits per heavy atom. The normalized spacial score (nSPS) is 4.83.